The van der Waals surface area contributed by atoms with Gasteiger partial charge in [0.15, 0.2) is 17.6 Å². The first-order valence-electron chi connectivity index (χ1n) is 15.1. The lowest BCUT2D eigenvalue weighted by Crippen LogP contribution is -2.33. The molecule has 3 aromatic carbocycles. The number of halogens is 4. The van der Waals surface area contributed by atoms with Crippen LogP contribution < -0.4 is 10.0 Å². The molecular weight excluding hydrogens is 647 g/mol. The van der Waals surface area contributed by atoms with Gasteiger partial charge in [-0.2, -0.15) is 17.9 Å². The lowest BCUT2D eigenvalue weighted by molar-refractivity contribution is -0.614. The lowest BCUT2D eigenvalue weighted by Gasteiger charge is -2.20. The first-order valence-corrected chi connectivity index (χ1v) is 15.5. The Morgan fingerprint density at radius 3 is 2.65 bits per heavy atom. The summed E-state index contributed by atoms with van der Waals surface area (Å²) in [5.74, 6) is -0.878. The van der Waals surface area contributed by atoms with Crippen LogP contribution in [0.1, 0.15) is 54.1 Å². The van der Waals surface area contributed by atoms with E-state index in [-0.39, 0.29) is 30.4 Å². The molecule has 48 heavy (non-hydrogen) atoms. The van der Waals surface area contributed by atoms with Crippen molar-refractivity contribution in [2.24, 2.45) is 0 Å². The number of rotatable bonds is 5. The molecular formula is C35H29ClF3N5O4. The molecule has 2 aromatic heterocycles. The van der Waals surface area contributed by atoms with Crippen LogP contribution in [0.2, 0.25) is 5.02 Å². The van der Waals surface area contributed by atoms with Crippen molar-refractivity contribution in [3.8, 4) is 27.9 Å². The molecule has 1 unspecified atom stereocenters. The van der Waals surface area contributed by atoms with E-state index in [1.807, 2.05) is 36.4 Å². The van der Waals surface area contributed by atoms with Crippen LogP contribution in [-0.4, -0.2) is 34.0 Å². The Kier molecular flexibility index (Phi) is 9.18. The molecule has 0 radical (unpaired) electrons. The SMILES string of the molecule is COC(=O)Cc1ccc2c(c1)NC(=O)CCCCC(c1ccc(-c3cc(Cl)ccc3-n3cc(C(F)(F)F)nn3)c[n+]1[O-])c1cccc-2c1. The predicted octanol–water partition coefficient (Wildman–Crippen LogP) is 7.27. The molecule has 1 atom stereocenters. The van der Waals surface area contributed by atoms with Crippen molar-refractivity contribution in [2.45, 2.75) is 44.2 Å². The van der Waals surface area contributed by atoms with E-state index in [1.165, 1.54) is 25.4 Å². The number of anilines is 1. The second kappa shape index (κ2) is 13.5. The highest BCUT2D eigenvalue weighted by molar-refractivity contribution is 6.31. The van der Waals surface area contributed by atoms with Gasteiger partial charge in [-0.1, -0.05) is 59.6 Å². The number of aromatic nitrogens is 4. The van der Waals surface area contributed by atoms with E-state index in [0.29, 0.717) is 52.4 Å². The van der Waals surface area contributed by atoms with E-state index >= 15 is 0 Å². The Bertz CT molecular complexity index is 2010. The second-order valence-corrected chi connectivity index (χ2v) is 11.9. The number of alkyl halides is 3. The third-order valence-electron chi connectivity index (χ3n) is 8.28. The Morgan fingerprint density at radius 2 is 1.90 bits per heavy atom. The minimum atomic E-state index is -4.67. The van der Waals surface area contributed by atoms with Crippen molar-refractivity contribution < 1.29 is 32.2 Å². The molecule has 1 amide bonds. The fourth-order valence-electron chi connectivity index (χ4n) is 5.92. The summed E-state index contributed by atoms with van der Waals surface area (Å²) in [4.78, 5) is 24.8. The van der Waals surface area contributed by atoms with Crippen LogP contribution in [0.5, 0.6) is 0 Å². The molecule has 1 N–H and O–H groups in total. The van der Waals surface area contributed by atoms with Crippen LogP contribution in [0.15, 0.2) is 85.2 Å². The second-order valence-electron chi connectivity index (χ2n) is 11.5. The number of carbonyl (C=O) groups is 2. The summed E-state index contributed by atoms with van der Waals surface area (Å²) in [6.07, 6.45) is -0.357. The minimum Gasteiger partial charge on any atom is -0.618 e. The van der Waals surface area contributed by atoms with Crippen LogP contribution >= 0.6 is 11.6 Å². The highest BCUT2D eigenvalue weighted by atomic mass is 35.5. The van der Waals surface area contributed by atoms with Gasteiger partial charge in [0, 0.05) is 39.9 Å². The summed E-state index contributed by atoms with van der Waals surface area (Å²) < 4.78 is 46.3. The number of carbonyl (C=O) groups excluding carboxylic acids is 2. The molecule has 1 aliphatic rings. The zero-order valence-electron chi connectivity index (χ0n) is 25.6. The molecule has 9 nitrogen and oxygen atoms in total. The van der Waals surface area contributed by atoms with Crippen molar-refractivity contribution in [3.63, 3.8) is 0 Å². The van der Waals surface area contributed by atoms with Gasteiger partial charge in [0.05, 0.1) is 31.3 Å². The van der Waals surface area contributed by atoms with Gasteiger partial charge in [-0.25, -0.2) is 4.68 Å². The number of fused-ring (bicyclic) bond motifs is 4. The maximum absolute atomic E-state index is 13.8. The molecule has 5 aromatic rings. The van der Waals surface area contributed by atoms with Crippen molar-refractivity contribution in [1.29, 1.82) is 0 Å². The van der Waals surface area contributed by atoms with Gasteiger partial charge >= 0.3 is 12.1 Å². The first kappa shape index (κ1) is 32.7. The average molecular weight is 676 g/mol. The van der Waals surface area contributed by atoms with Gasteiger partial charge in [-0.3, -0.25) is 9.59 Å². The fourth-order valence-corrected chi connectivity index (χ4v) is 6.09. The smallest absolute Gasteiger partial charge is 0.436 e. The molecule has 0 saturated heterocycles. The first-order chi connectivity index (χ1) is 23.0. The average Bonchev–Trinajstić information content (AvgIpc) is 3.56. The summed E-state index contributed by atoms with van der Waals surface area (Å²) in [5.41, 5.74) is 4.15. The van der Waals surface area contributed by atoms with Crippen LogP contribution in [-0.2, 0) is 26.9 Å². The number of esters is 1. The third-order valence-corrected chi connectivity index (χ3v) is 8.52. The Morgan fingerprint density at radius 1 is 1.06 bits per heavy atom. The number of nitrogens with zero attached hydrogens (tertiary/aromatic N) is 4. The number of methoxy groups -OCH3 is 1. The van der Waals surface area contributed by atoms with Crippen LogP contribution in [0.4, 0.5) is 18.9 Å². The van der Waals surface area contributed by atoms with E-state index in [2.05, 4.69) is 15.6 Å². The van der Waals surface area contributed by atoms with Gasteiger partial charge in [0.1, 0.15) is 0 Å². The number of hydrogen-bond acceptors (Lipinski definition) is 6. The molecule has 3 heterocycles. The van der Waals surface area contributed by atoms with E-state index in [9.17, 15) is 28.0 Å². The van der Waals surface area contributed by atoms with E-state index in [0.717, 1.165) is 32.3 Å². The maximum Gasteiger partial charge on any atom is 0.436 e. The third kappa shape index (κ3) is 7.03. The Labute approximate surface area is 278 Å². The van der Waals surface area contributed by atoms with Gasteiger partial charge in [0.2, 0.25) is 5.91 Å². The largest absolute Gasteiger partial charge is 0.618 e. The number of pyridine rings is 1. The van der Waals surface area contributed by atoms with Gasteiger partial charge in [-0.05, 0) is 59.9 Å². The van der Waals surface area contributed by atoms with Crippen molar-refractivity contribution in [3.05, 3.63) is 118 Å². The van der Waals surface area contributed by atoms with Crippen molar-refractivity contribution >= 4 is 29.2 Å². The molecule has 0 spiro atoms. The zero-order valence-corrected chi connectivity index (χ0v) is 26.4. The quantitative estimate of drug-likeness (QED) is 0.119. The summed E-state index contributed by atoms with van der Waals surface area (Å²) >= 11 is 6.27. The van der Waals surface area contributed by atoms with Gasteiger partial charge in [-0.15, -0.1) is 5.10 Å². The fraction of sp³-hybridized carbons (Fsp3) is 0.229. The number of hydrogen-bond donors (Lipinski definition) is 1. The van der Waals surface area contributed by atoms with Crippen LogP contribution in [0.3, 0.4) is 0 Å². The highest BCUT2D eigenvalue weighted by Gasteiger charge is 2.35. The van der Waals surface area contributed by atoms with E-state index in [1.54, 1.807) is 24.3 Å². The highest BCUT2D eigenvalue weighted by Crippen LogP contribution is 2.37. The minimum absolute atomic E-state index is 0.0609. The molecule has 0 fully saturated rings. The van der Waals surface area contributed by atoms with Crippen molar-refractivity contribution in [2.75, 3.05) is 12.4 Å². The molecule has 6 rings (SSSR count). The molecule has 0 aliphatic carbocycles. The standard InChI is InChI=1S/C35H29ClF3N5O4/c1-48-34(46)16-21-9-12-26-22-5-4-6-23(17-22)27(7-2-3-8-33(45)40-29(26)15-21)31-13-10-24(19-44(31)47)28-18-25(36)11-14-30(28)43-20-32(41-42-43)35(37,38)39/h4-6,9-15,17-20,27H,2-3,7-8,16H2,1H3,(H,40,45). The maximum atomic E-state index is 13.8. The molecule has 246 valence electrons. The number of nitrogens with one attached hydrogen (secondary N) is 1. The summed E-state index contributed by atoms with van der Waals surface area (Å²) in [5, 5.41) is 24.0. The number of benzene rings is 3. The summed E-state index contributed by atoms with van der Waals surface area (Å²) in [7, 11) is 1.32. The van der Waals surface area contributed by atoms with E-state index in [4.69, 9.17) is 16.3 Å². The van der Waals surface area contributed by atoms with E-state index < -0.39 is 17.8 Å². The lowest BCUT2D eigenvalue weighted by atomic mass is 9.87. The summed E-state index contributed by atoms with van der Waals surface area (Å²) in [6.45, 7) is 0. The molecule has 13 heteroatoms. The molecule has 2 bridgehead atoms. The van der Waals surface area contributed by atoms with Gasteiger partial charge < -0.3 is 15.3 Å². The Balaban J connectivity index is 1.38. The monoisotopic (exact) mass is 675 g/mol. The molecule has 1 aliphatic heterocycles. The zero-order chi connectivity index (χ0) is 34.0. The van der Waals surface area contributed by atoms with Crippen LogP contribution in [0, 0.1) is 5.21 Å². The number of amides is 1. The van der Waals surface area contributed by atoms with Gasteiger partial charge in [0.25, 0.3) is 0 Å². The Hall–Kier alpha value is -5.23. The topological polar surface area (TPSA) is 113 Å². The summed E-state index contributed by atoms with van der Waals surface area (Å²) in [6, 6.07) is 21.2. The normalized spacial score (nSPS) is 15.1. The molecule has 0 saturated carbocycles. The predicted molar refractivity (Wildman–Crippen MR) is 172 cm³/mol. The van der Waals surface area contributed by atoms with Crippen molar-refractivity contribution in [1.82, 2.24) is 15.0 Å². The number of ether oxygens (including phenoxy) is 1. The van der Waals surface area contributed by atoms with Crippen LogP contribution in [0.25, 0.3) is 27.9 Å².